The van der Waals surface area contributed by atoms with Crippen LogP contribution in [0.3, 0.4) is 0 Å². The highest BCUT2D eigenvalue weighted by atomic mass is 32.2. The van der Waals surface area contributed by atoms with Crippen LogP contribution in [0.25, 0.3) is 16.9 Å². The van der Waals surface area contributed by atoms with Gasteiger partial charge >= 0.3 is 5.69 Å². The average molecular weight is 383 g/mol. The fourth-order valence-electron chi connectivity index (χ4n) is 2.74. The van der Waals surface area contributed by atoms with Gasteiger partial charge in [-0.25, -0.2) is 22.7 Å². The minimum Gasteiger partial charge on any atom is -0.313 e. The smallest absolute Gasteiger partial charge is 0.313 e. The van der Waals surface area contributed by atoms with Crippen LogP contribution in [0.1, 0.15) is 5.56 Å². The largest absolute Gasteiger partial charge is 0.325 e. The molecule has 1 aromatic carbocycles. The number of hydrogen-bond acceptors (Lipinski definition) is 6. The molecule has 136 valence electrons. The van der Waals surface area contributed by atoms with E-state index in [1.165, 1.54) is 35.1 Å². The summed E-state index contributed by atoms with van der Waals surface area (Å²) in [5, 5.41) is 4.28. The Labute approximate surface area is 152 Å². The summed E-state index contributed by atoms with van der Waals surface area (Å²) in [4.78, 5) is 32.2. The molecular weight excluding hydrogens is 370 g/mol. The summed E-state index contributed by atoms with van der Waals surface area (Å²) >= 11 is 0. The fraction of sp³-hybridized carbons (Fsp3) is 0.0588. The lowest BCUT2D eigenvalue weighted by atomic mass is 10.2. The predicted octanol–water partition coefficient (Wildman–Crippen LogP) is 0.747. The topological polar surface area (TPSA) is 130 Å². The van der Waals surface area contributed by atoms with Gasteiger partial charge in [-0.15, -0.1) is 0 Å². The van der Waals surface area contributed by atoms with Crippen molar-refractivity contribution in [1.29, 1.82) is 0 Å². The van der Waals surface area contributed by atoms with Crippen LogP contribution in [0.2, 0.25) is 0 Å². The van der Waals surface area contributed by atoms with Gasteiger partial charge < -0.3 is 4.98 Å². The maximum atomic E-state index is 12.8. The van der Waals surface area contributed by atoms with E-state index in [4.69, 9.17) is 0 Å². The molecule has 3 heterocycles. The zero-order chi connectivity index (χ0) is 19.0. The molecule has 3 aromatic heterocycles. The number of aromatic nitrogens is 5. The molecule has 0 atom stereocenters. The molecular formula is C17H13N5O4S. The van der Waals surface area contributed by atoms with Gasteiger partial charge in [-0.3, -0.25) is 9.78 Å². The second kappa shape index (κ2) is 6.32. The molecule has 0 bridgehead atoms. The van der Waals surface area contributed by atoms with E-state index in [9.17, 15) is 18.0 Å². The molecule has 0 unspecified atom stereocenters. The normalized spacial score (nSPS) is 11.7. The number of fused-ring (bicyclic) bond motifs is 1. The Bertz CT molecular complexity index is 1350. The lowest BCUT2D eigenvalue weighted by Crippen LogP contribution is -2.23. The molecule has 0 aliphatic carbocycles. The molecule has 9 nitrogen and oxygen atoms in total. The zero-order valence-electron chi connectivity index (χ0n) is 13.8. The van der Waals surface area contributed by atoms with Gasteiger partial charge in [0, 0.05) is 24.2 Å². The van der Waals surface area contributed by atoms with E-state index in [0.717, 1.165) is 0 Å². The van der Waals surface area contributed by atoms with Crippen molar-refractivity contribution in [3.05, 3.63) is 81.4 Å². The monoisotopic (exact) mass is 383 g/mol. The van der Waals surface area contributed by atoms with E-state index in [1.54, 1.807) is 24.4 Å². The molecule has 4 rings (SSSR count). The third-order valence-electron chi connectivity index (χ3n) is 3.98. The second-order valence-corrected chi connectivity index (χ2v) is 7.80. The van der Waals surface area contributed by atoms with Crippen molar-refractivity contribution in [2.75, 3.05) is 0 Å². The number of sulfone groups is 1. The SMILES string of the molecule is O=c1[nH]cc(-c2cc(CS(=O)(=O)c3ccccc3)c3nccn3n2)c(=O)[nH]1. The Morgan fingerprint density at radius 2 is 1.89 bits per heavy atom. The average Bonchev–Trinajstić information content (AvgIpc) is 3.11. The van der Waals surface area contributed by atoms with Crippen LogP contribution >= 0.6 is 0 Å². The number of rotatable bonds is 4. The number of nitrogens with one attached hydrogen (secondary N) is 2. The van der Waals surface area contributed by atoms with Crippen LogP contribution in [0, 0.1) is 0 Å². The van der Waals surface area contributed by atoms with E-state index in [-0.39, 0.29) is 21.9 Å². The van der Waals surface area contributed by atoms with Crippen LogP contribution in [0.15, 0.2) is 69.5 Å². The van der Waals surface area contributed by atoms with E-state index < -0.39 is 21.1 Å². The molecule has 0 saturated carbocycles. The van der Waals surface area contributed by atoms with Gasteiger partial charge in [0.05, 0.1) is 21.9 Å². The first kappa shape index (κ1) is 16.9. The summed E-state index contributed by atoms with van der Waals surface area (Å²) in [6.45, 7) is 0. The van der Waals surface area contributed by atoms with Crippen LogP contribution in [0.4, 0.5) is 0 Å². The third-order valence-corrected chi connectivity index (χ3v) is 5.66. The van der Waals surface area contributed by atoms with Crippen molar-refractivity contribution < 1.29 is 8.42 Å². The summed E-state index contributed by atoms with van der Waals surface area (Å²) in [6, 6.07) is 9.57. The van der Waals surface area contributed by atoms with Crippen molar-refractivity contribution in [2.45, 2.75) is 10.6 Å². The maximum absolute atomic E-state index is 12.8. The fourth-order valence-corrected chi connectivity index (χ4v) is 4.10. The third kappa shape index (κ3) is 3.17. The summed E-state index contributed by atoms with van der Waals surface area (Å²) in [7, 11) is -3.62. The van der Waals surface area contributed by atoms with Crippen LogP contribution < -0.4 is 11.2 Å². The van der Waals surface area contributed by atoms with Gasteiger partial charge in [0.1, 0.15) is 0 Å². The summed E-state index contributed by atoms with van der Waals surface area (Å²) in [6.07, 6.45) is 4.28. The van der Waals surface area contributed by atoms with Crippen molar-refractivity contribution in [3.63, 3.8) is 0 Å². The Balaban J connectivity index is 1.87. The molecule has 0 aliphatic rings. The highest BCUT2D eigenvalue weighted by Gasteiger charge is 2.19. The van der Waals surface area contributed by atoms with Crippen molar-refractivity contribution in [1.82, 2.24) is 24.6 Å². The van der Waals surface area contributed by atoms with Gasteiger partial charge in [0.25, 0.3) is 5.56 Å². The minimum atomic E-state index is -3.62. The van der Waals surface area contributed by atoms with E-state index in [2.05, 4.69) is 20.1 Å². The molecule has 4 aromatic rings. The highest BCUT2D eigenvalue weighted by molar-refractivity contribution is 7.90. The van der Waals surface area contributed by atoms with Gasteiger partial charge in [0.2, 0.25) is 0 Å². The quantitative estimate of drug-likeness (QED) is 0.535. The Morgan fingerprint density at radius 1 is 1.11 bits per heavy atom. The van der Waals surface area contributed by atoms with E-state index in [1.807, 2.05) is 0 Å². The van der Waals surface area contributed by atoms with E-state index >= 15 is 0 Å². The molecule has 27 heavy (non-hydrogen) atoms. The first-order valence-electron chi connectivity index (χ1n) is 7.87. The van der Waals surface area contributed by atoms with Crippen molar-refractivity contribution in [2.24, 2.45) is 0 Å². The maximum Gasteiger partial charge on any atom is 0.325 e. The Morgan fingerprint density at radius 3 is 2.63 bits per heavy atom. The summed E-state index contributed by atoms with van der Waals surface area (Å²) in [5.41, 5.74) is -0.166. The molecule has 0 fully saturated rings. The number of hydrogen-bond donors (Lipinski definition) is 2. The van der Waals surface area contributed by atoms with Gasteiger partial charge in [-0.1, -0.05) is 18.2 Å². The number of imidazole rings is 1. The van der Waals surface area contributed by atoms with Gasteiger partial charge in [-0.2, -0.15) is 5.10 Å². The molecule has 10 heteroatoms. The zero-order valence-corrected chi connectivity index (χ0v) is 14.6. The van der Waals surface area contributed by atoms with Crippen LogP contribution in [0.5, 0.6) is 0 Å². The predicted molar refractivity (Wildman–Crippen MR) is 97.0 cm³/mol. The first-order valence-corrected chi connectivity index (χ1v) is 9.53. The summed E-state index contributed by atoms with van der Waals surface area (Å²) in [5.74, 6) is -0.311. The van der Waals surface area contributed by atoms with Crippen LogP contribution in [-0.4, -0.2) is 33.0 Å². The molecule has 2 N–H and O–H groups in total. The number of H-pyrrole nitrogens is 2. The van der Waals surface area contributed by atoms with Gasteiger partial charge in [-0.05, 0) is 18.2 Å². The number of benzene rings is 1. The van der Waals surface area contributed by atoms with Crippen molar-refractivity contribution in [3.8, 4) is 11.3 Å². The van der Waals surface area contributed by atoms with E-state index in [0.29, 0.717) is 11.2 Å². The number of aromatic amines is 2. The molecule has 0 amide bonds. The highest BCUT2D eigenvalue weighted by Crippen LogP contribution is 2.22. The lowest BCUT2D eigenvalue weighted by Gasteiger charge is -2.08. The summed E-state index contributed by atoms with van der Waals surface area (Å²) < 4.78 is 26.9. The van der Waals surface area contributed by atoms with Crippen LogP contribution in [-0.2, 0) is 15.6 Å². The number of nitrogens with zero attached hydrogens (tertiary/aromatic N) is 3. The standard InChI is InChI=1S/C17H13N5O4S/c23-16-13(9-19-17(24)20-16)14-8-11(15-18-6-7-22(15)21-14)10-27(25,26)12-4-2-1-3-5-12/h1-9H,10H2,(H2,19,20,23,24). The molecule has 0 saturated heterocycles. The van der Waals surface area contributed by atoms with Crippen molar-refractivity contribution >= 4 is 15.5 Å². The molecule has 0 radical (unpaired) electrons. The lowest BCUT2D eigenvalue weighted by molar-refractivity contribution is 0.595. The van der Waals surface area contributed by atoms with Gasteiger partial charge in [0.15, 0.2) is 15.5 Å². The Kier molecular flexibility index (Phi) is 3.96. The molecule has 0 aliphatic heterocycles. The second-order valence-electron chi connectivity index (χ2n) is 5.81. The first-order chi connectivity index (χ1) is 12.9. The molecule has 0 spiro atoms. The minimum absolute atomic E-state index is 0.114. The Hall–Kier alpha value is -3.53.